The van der Waals surface area contributed by atoms with Crippen molar-refractivity contribution in [2.24, 2.45) is 0 Å². The Balaban J connectivity index is 1.80. The zero-order valence-corrected chi connectivity index (χ0v) is 8.81. The lowest BCUT2D eigenvalue weighted by atomic mass is 10.3. The zero-order valence-electron chi connectivity index (χ0n) is 8.81. The average molecular weight is 215 g/mol. The van der Waals surface area contributed by atoms with Gasteiger partial charge in [-0.25, -0.2) is 0 Å². The topological polar surface area (TPSA) is 57.8 Å². The molecule has 0 fully saturated rings. The van der Waals surface area contributed by atoms with Gasteiger partial charge in [-0.15, -0.1) is 0 Å². The molecule has 0 aliphatic rings. The molecule has 0 spiro atoms. The summed E-state index contributed by atoms with van der Waals surface area (Å²) in [6, 6.07) is 9.40. The molecule has 2 aromatic rings. The van der Waals surface area contributed by atoms with Crippen molar-refractivity contribution in [2.45, 2.75) is 13.0 Å². The van der Waals surface area contributed by atoms with Crippen molar-refractivity contribution in [2.75, 3.05) is 0 Å². The summed E-state index contributed by atoms with van der Waals surface area (Å²) < 4.78 is 0. The Morgan fingerprint density at radius 1 is 1.31 bits per heavy atom. The summed E-state index contributed by atoms with van der Waals surface area (Å²) in [5.74, 6) is -0.00639. The van der Waals surface area contributed by atoms with E-state index in [2.05, 4.69) is 15.3 Å². The Kier molecular flexibility index (Phi) is 3.33. The van der Waals surface area contributed by atoms with Crippen LogP contribution < -0.4 is 5.32 Å². The van der Waals surface area contributed by atoms with Crippen molar-refractivity contribution >= 4 is 5.91 Å². The molecule has 0 bridgehead atoms. The fourth-order valence-corrected chi connectivity index (χ4v) is 1.40. The number of rotatable bonds is 4. The number of aromatic nitrogens is 2. The molecule has 2 aromatic heterocycles. The van der Waals surface area contributed by atoms with Gasteiger partial charge in [0.2, 0.25) is 5.91 Å². The van der Waals surface area contributed by atoms with E-state index in [1.807, 2.05) is 30.3 Å². The highest BCUT2D eigenvalue weighted by Gasteiger charge is 2.03. The molecule has 0 radical (unpaired) electrons. The molecule has 2 N–H and O–H groups in total. The second-order valence-corrected chi connectivity index (χ2v) is 3.47. The fraction of sp³-hybridized carbons (Fsp3) is 0.167. The third kappa shape index (κ3) is 2.95. The molecule has 4 nitrogen and oxygen atoms in total. The first-order valence-corrected chi connectivity index (χ1v) is 5.13. The highest BCUT2D eigenvalue weighted by Crippen LogP contribution is 1.96. The number of amides is 1. The third-order valence-corrected chi connectivity index (χ3v) is 2.21. The van der Waals surface area contributed by atoms with Crippen LogP contribution in [0.25, 0.3) is 0 Å². The second-order valence-electron chi connectivity index (χ2n) is 3.47. The Hall–Kier alpha value is -2.10. The minimum absolute atomic E-state index is 0.00639. The molecule has 1 amide bonds. The lowest BCUT2D eigenvalue weighted by molar-refractivity contribution is -0.120. The molecule has 0 saturated heterocycles. The van der Waals surface area contributed by atoms with Crippen molar-refractivity contribution in [3.05, 3.63) is 54.1 Å². The molecule has 2 heterocycles. The van der Waals surface area contributed by atoms with Crippen LogP contribution in [-0.2, 0) is 17.8 Å². The predicted octanol–water partition coefficient (Wildman–Crippen LogP) is 1.27. The van der Waals surface area contributed by atoms with Crippen LogP contribution in [0.5, 0.6) is 0 Å². The molecule has 0 saturated carbocycles. The first-order valence-electron chi connectivity index (χ1n) is 5.13. The average Bonchev–Trinajstić information content (AvgIpc) is 2.81. The first-order chi connectivity index (χ1) is 7.84. The summed E-state index contributed by atoms with van der Waals surface area (Å²) in [5, 5.41) is 2.82. The van der Waals surface area contributed by atoms with Gasteiger partial charge in [0.15, 0.2) is 0 Å². The van der Waals surface area contributed by atoms with E-state index in [0.29, 0.717) is 13.0 Å². The standard InChI is InChI=1S/C12H13N3O/c16-12(8-10-5-3-7-13-10)15-9-11-4-1-2-6-14-11/h1-7,13H,8-9H2,(H,15,16). The van der Waals surface area contributed by atoms with Gasteiger partial charge in [0.25, 0.3) is 0 Å². The molecule has 0 aliphatic carbocycles. The van der Waals surface area contributed by atoms with Crippen molar-refractivity contribution < 1.29 is 4.79 Å². The summed E-state index contributed by atoms with van der Waals surface area (Å²) in [6.45, 7) is 0.473. The number of nitrogens with one attached hydrogen (secondary N) is 2. The minimum atomic E-state index is -0.00639. The number of carbonyl (C=O) groups is 1. The van der Waals surface area contributed by atoms with Crippen molar-refractivity contribution in [3.63, 3.8) is 0 Å². The van der Waals surface area contributed by atoms with Crippen LogP contribution in [0.4, 0.5) is 0 Å². The Morgan fingerprint density at radius 3 is 2.94 bits per heavy atom. The van der Waals surface area contributed by atoms with Crippen LogP contribution in [0.2, 0.25) is 0 Å². The molecular formula is C12H13N3O. The van der Waals surface area contributed by atoms with Gasteiger partial charge in [-0.05, 0) is 24.3 Å². The maximum atomic E-state index is 11.5. The molecule has 82 valence electrons. The van der Waals surface area contributed by atoms with Crippen LogP contribution in [0, 0.1) is 0 Å². The van der Waals surface area contributed by atoms with Gasteiger partial charge in [0, 0.05) is 18.1 Å². The summed E-state index contributed by atoms with van der Waals surface area (Å²) in [5.41, 5.74) is 1.78. The summed E-state index contributed by atoms with van der Waals surface area (Å²) in [7, 11) is 0. The predicted molar refractivity (Wildman–Crippen MR) is 60.6 cm³/mol. The van der Waals surface area contributed by atoms with Crippen molar-refractivity contribution in [1.29, 1.82) is 0 Å². The van der Waals surface area contributed by atoms with E-state index in [1.54, 1.807) is 12.4 Å². The number of H-pyrrole nitrogens is 1. The SMILES string of the molecule is O=C(Cc1ccc[nH]1)NCc1ccccn1. The van der Waals surface area contributed by atoms with Gasteiger partial charge in [0.05, 0.1) is 18.7 Å². The maximum absolute atomic E-state index is 11.5. The molecular weight excluding hydrogens is 202 g/mol. The van der Waals surface area contributed by atoms with E-state index in [4.69, 9.17) is 0 Å². The highest BCUT2D eigenvalue weighted by atomic mass is 16.1. The van der Waals surface area contributed by atoms with Crippen LogP contribution in [0.3, 0.4) is 0 Å². The Bertz CT molecular complexity index is 437. The molecule has 0 unspecified atom stereocenters. The summed E-state index contributed by atoms with van der Waals surface area (Å²) in [4.78, 5) is 18.6. The van der Waals surface area contributed by atoms with Gasteiger partial charge in [-0.2, -0.15) is 0 Å². The maximum Gasteiger partial charge on any atom is 0.226 e. The van der Waals surface area contributed by atoms with Crippen molar-refractivity contribution in [3.8, 4) is 0 Å². The van der Waals surface area contributed by atoms with Crippen LogP contribution in [0.15, 0.2) is 42.7 Å². The molecule has 0 atom stereocenters. The van der Waals surface area contributed by atoms with Gasteiger partial charge in [-0.3, -0.25) is 9.78 Å². The monoisotopic (exact) mass is 215 g/mol. The number of aromatic amines is 1. The quantitative estimate of drug-likeness (QED) is 0.806. The molecule has 0 aromatic carbocycles. The Labute approximate surface area is 93.7 Å². The molecule has 2 rings (SSSR count). The number of hydrogen-bond donors (Lipinski definition) is 2. The van der Waals surface area contributed by atoms with Crippen molar-refractivity contribution in [1.82, 2.24) is 15.3 Å². The number of nitrogens with zero attached hydrogens (tertiary/aromatic N) is 1. The lowest BCUT2D eigenvalue weighted by Crippen LogP contribution is -2.25. The van der Waals surface area contributed by atoms with E-state index in [1.165, 1.54) is 0 Å². The van der Waals surface area contributed by atoms with E-state index in [0.717, 1.165) is 11.4 Å². The van der Waals surface area contributed by atoms with E-state index < -0.39 is 0 Å². The molecule has 4 heteroatoms. The van der Waals surface area contributed by atoms with E-state index in [-0.39, 0.29) is 5.91 Å². The van der Waals surface area contributed by atoms with E-state index >= 15 is 0 Å². The normalized spacial score (nSPS) is 10.0. The molecule has 16 heavy (non-hydrogen) atoms. The number of carbonyl (C=O) groups excluding carboxylic acids is 1. The number of hydrogen-bond acceptors (Lipinski definition) is 2. The largest absolute Gasteiger partial charge is 0.365 e. The van der Waals surface area contributed by atoms with Gasteiger partial charge in [-0.1, -0.05) is 6.07 Å². The van der Waals surface area contributed by atoms with Crippen LogP contribution >= 0.6 is 0 Å². The minimum Gasteiger partial charge on any atom is -0.365 e. The second kappa shape index (κ2) is 5.11. The summed E-state index contributed by atoms with van der Waals surface area (Å²) >= 11 is 0. The zero-order chi connectivity index (χ0) is 11.2. The molecule has 0 aliphatic heterocycles. The lowest BCUT2D eigenvalue weighted by Gasteiger charge is -2.03. The smallest absolute Gasteiger partial charge is 0.226 e. The van der Waals surface area contributed by atoms with Gasteiger partial charge >= 0.3 is 0 Å². The fourth-order valence-electron chi connectivity index (χ4n) is 1.40. The van der Waals surface area contributed by atoms with Crippen LogP contribution in [-0.4, -0.2) is 15.9 Å². The number of pyridine rings is 1. The highest BCUT2D eigenvalue weighted by molar-refractivity contribution is 5.78. The van der Waals surface area contributed by atoms with Gasteiger partial charge < -0.3 is 10.3 Å². The third-order valence-electron chi connectivity index (χ3n) is 2.21. The summed E-state index contributed by atoms with van der Waals surface area (Å²) in [6.07, 6.45) is 3.90. The first kappa shape index (κ1) is 10.4. The van der Waals surface area contributed by atoms with E-state index in [9.17, 15) is 4.79 Å². The Morgan fingerprint density at radius 2 is 2.25 bits per heavy atom. The van der Waals surface area contributed by atoms with Gasteiger partial charge in [0.1, 0.15) is 0 Å². The van der Waals surface area contributed by atoms with Crippen LogP contribution in [0.1, 0.15) is 11.4 Å².